The van der Waals surface area contributed by atoms with Crippen LogP contribution in [0.3, 0.4) is 0 Å². The van der Waals surface area contributed by atoms with Gasteiger partial charge in [-0.15, -0.1) is 0 Å². The van der Waals surface area contributed by atoms with Crippen LogP contribution >= 0.6 is 0 Å². The Labute approximate surface area is 102 Å². The molecule has 0 bridgehead atoms. The molecular formula is C13H17N3O. The summed E-state index contributed by atoms with van der Waals surface area (Å²) in [5, 5.41) is 12.3. The lowest BCUT2D eigenvalue weighted by Gasteiger charge is -2.20. The lowest BCUT2D eigenvalue weighted by Crippen LogP contribution is -2.36. The molecule has 0 saturated carbocycles. The van der Waals surface area contributed by atoms with Gasteiger partial charge in [0.05, 0.1) is 6.10 Å². The maximum atomic E-state index is 8.93. The quantitative estimate of drug-likeness (QED) is 0.855. The summed E-state index contributed by atoms with van der Waals surface area (Å²) in [6.07, 6.45) is 4.21. The predicted octanol–water partition coefficient (Wildman–Crippen LogP) is 1.61. The molecule has 2 rings (SSSR count). The van der Waals surface area contributed by atoms with Gasteiger partial charge in [-0.1, -0.05) is 6.07 Å². The number of nitrogens with one attached hydrogen (secondary N) is 1. The summed E-state index contributed by atoms with van der Waals surface area (Å²) in [7, 11) is 0. The van der Waals surface area contributed by atoms with Crippen molar-refractivity contribution < 1.29 is 4.74 Å². The van der Waals surface area contributed by atoms with E-state index in [-0.39, 0.29) is 0 Å². The Morgan fingerprint density at radius 2 is 2.59 bits per heavy atom. The number of hydrogen-bond donors (Lipinski definition) is 1. The van der Waals surface area contributed by atoms with Gasteiger partial charge in [-0.3, -0.25) is 0 Å². The van der Waals surface area contributed by atoms with E-state index in [1.807, 2.05) is 12.1 Å². The second-order valence-corrected chi connectivity index (χ2v) is 4.34. The molecule has 0 aromatic carbocycles. The van der Waals surface area contributed by atoms with Crippen LogP contribution in [0.25, 0.3) is 0 Å². The fraction of sp³-hybridized carbons (Fsp3) is 0.538. The van der Waals surface area contributed by atoms with Crippen molar-refractivity contribution in [3.63, 3.8) is 0 Å². The smallest absolute Gasteiger partial charge is 0.144 e. The Hall–Kier alpha value is -1.44. The van der Waals surface area contributed by atoms with Gasteiger partial charge in [0.25, 0.3) is 0 Å². The Morgan fingerprint density at radius 3 is 3.29 bits per heavy atom. The normalized spacial score (nSPS) is 21.1. The molecule has 1 aromatic rings. The van der Waals surface area contributed by atoms with Crippen molar-refractivity contribution in [2.45, 2.75) is 38.5 Å². The number of nitriles is 1. The summed E-state index contributed by atoms with van der Waals surface area (Å²) in [5.41, 5.74) is 1.44. The number of rotatable bonds is 4. The van der Waals surface area contributed by atoms with E-state index in [1.54, 1.807) is 6.20 Å². The van der Waals surface area contributed by atoms with Gasteiger partial charge in [-0.2, -0.15) is 5.26 Å². The van der Waals surface area contributed by atoms with Gasteiger partial charge in [0.2, 0.25) is 0 Å². The zero-order valence-electron chi connectivity index (χ0n) is 10.0. The first-order valence-corrected chi connectivity index (χ1v) is 6.00. The Bertz CT molecular complexity index is 407. The molecule has 1 saturated heterocycles. The maximum Gasteiger partial charge on any atom is 0.144 e. The molecule has 2 unspecified atom stereocenters. The topological polar surface area (TPSA) is 57.9 Å². The predicted molar refractivity (Wildman–Crippen MR) is 64.2 cm³/mol. The largest absolute Gasteiger partial charge is 0.377 e. The first-order chi connectivity index (χ1) is 8.31. The van der Waals surface area contributed by atoms with E-state index in [2.05, 4.69) is 23.3 Å². The highest BCUT2D eigenvalue weighted by atomic mass is 16.5. The molecule has 0 aliphatic carbocycles. The SMILES string of the molecule is CC(NCc1cccnc1C#N)C1CCCO1. The van der Waals surface area contributed by atoms with E-state index in [0.717, 1.165) is 25.0 Å². The fourth-order valence-corrected chi connectivity index (χ4v) is 2.08. The molecule has 1 aromatic heterocycles. The highest BCUT2D eigenvalue weighted by Gasteiger charge is 2.21. The van der Waals surface area contributed by atoms with Crippen molar-refractivity contribution in [1.82, 2.24) is 10.3 Å². The minimum absolute atomic E-state index is 0.303. The molecule has 0 amide bonds. The van der Waals surface area contributed by atoms with E-state index in [1.165, 1.54) is 0 Å². The second kappa shape index (κ2) is 5.76. The van der Waals surface area contributed by atoms with E-state index >= 15 is 0 Å². The van der Waals surface area contributed by atoms with Gasteiger partial charge < -0.3 is 10.1 Å². The van der Waals surface area contributed by atoms with Crippen LogP contribution in [0.1, 0.15) is 31.0 Å². The van der Waals surface area contributed by atoms with E-state index < -0.39 is 0 Å². The van der Waals surface area contributed by atoms with Crippen LogP contribution in [0.5, 0.6) is 0 Å². The molecule has 0 spiro atoms. The third-order valence-corrected chi connectivity index (χ3v) is 3.13. The van der Waals surface area contributed by atoms with Crippen LogP contribution in [0.2, 0.25) is 0 Å². The molecule has 17 heavy (non-hydrogen) atoms. The average Bonchev–Trinajstić information content (AvgIpc) is 2.90. The molecule has 1 fully saturated rings. The summed E-state index contributed by atoms with van der Waals surface area (Å²) >= 11 is 0. The van der Waals surface area contributed by atoms with Gasteiger partial charge in [-0.25, -0.2) is 4.98 Å². The molecule has 1 aliphatic heterocycles. The monoisotopic (exact) mass is 231 g/mol. The molecular weight excluding hydrogens is 214 g/mol. The van der Waals surface area contributed by atoms with Crippen molar-refractivity contribution in [3.05, 3.63) is 29.6 Å². The molecule has 1 N–H and O–H groups in total. The maximum absolute atomic E-state index is 8.93. The van der Waals surface area contributed by atoms with Crippen LogP contribution in [0.15, 0.2) is 18.3 Å². The number of ether oxygens (including phenoxy) is 1. The number of aromatic nitrogens is 1. The minimum Gasteiger partial charge on any atom is -0.377 e. The van der Waals surface area contributed by atoms with Crippen molar-refractivity contribution in [2.24, 2.45) is 0 Å². The Kier molecular flexibility index (Phi) is 4.08. The van der Waals surface area contributed by atoms with Gasteiger partial charge in [-0.05, 0) is 25.8 Å². The van der Waals surface area contributed by atoms with Crippen LogP contribution in [-0.2, 0) is 11.3 Å². The van der Waals surface area contributed by atoms with E-state index in [9.17, 15) is 0 Å². The van der Waals surface area contributed by atoms with Gasteiger partial charge in [0.15, 0.2) is 0 Å². The second-order valence-electron chi connectivity index (χ2n) is 4.34. The fourth-order valence-electron chi connectivity index (χ4n) is 2.08. The van der Waals surface area contributed by atoms with Crippen LogP contribution in [-0.4, -0.2) is 23.7 Å². The third-order valence-electron chi connectivity index (χ3n) is 3.13. The Morgan fingerprint density at radius 1 is 1.71 bits per heavy atom. The molecule has 90 valence electrons. The molecule has 2 atom stereocenters. The van der Waals surface area contributed by atoms with Crippen LogP contribution in [0.4, 0.5) is 0 Å². The molecule has 4 heteroatoms. The summed E-state index contributed by atoms with van der Waals surface area (Å²) in [6, 6.07) is 6.20. The van der Waals surface area contributed by atoms with E-state index in [0.29, 0.717) is 24.4 Å². The standard InChI is InChI=1S/C13H17N3O/c1-10(13-5-3-7-17-13)16-9-11-4-2-6-15-12(11)8-14/h2,4,6,10,13,16H,3,5,7,9H2,1H3. The van der Waals surface area contributed by atoms with Crippen molar-refractivity contribution in [1.29, 1.82) is 5.26 Å². The molecule has 0 radical (unpaired) electrons. The zero-order chi connectivity index (χ0) is 12.1. The average molecular weight is 231 g/mol. The molecule has 2 heterocycles. The van der Waals surface area contributed by atoms with Crippen LogP contribution in [0, 0.1) is 11.3 Å². The Balaban J connectivity index is 1.91. The van der Waals surface area contributed by atoms with Crippen molar-refractivity contribution in [3.8, 4) is 6.07 Å². The summed E-state index contributed by atoms with van der Waals surface area (Å²) in [4.78, 5) is 4.04. The van der Waals surface area contributed by atoms with Gasteiger partial charge in [0, 0.05) is 31.0 Å². The van der Waals surface area contributed by atoms with Crippen LogP contribution < -0.4 is 5.32 Å². The highest BCUT2D eigenvalue weighted by Crippen LogP contribution is 2.16. The van der Waals surface area contributed by atoms with Gasteiger partial charge >= 0.3 is 0 Å². The van der Waals surface area contributed by atoms with Crippen molar-refractivity contribution in [2.75, 3.05) is 6.61 Å². The lowest BCUT2D eigenvalue weighted by atomic mass is 10.1. The first-order valence-electron chi connectivity index (χ1n) is 6.00. The zero-order valence-corrected chi connectivity index (χ0v) is 10.0. The van der Waals surface area contributed by atoms with E-state index in [4.69, 9.17) is 10.00 Å². The molecule has 1 aliphatic rings. The number of nitrogens with zero attached hydrogens (tertiary/aromatic N) is 2. The summed E-state index contributed by atoms with van der Waals surface area (Å²) < 4.78 is 5.62. The highest BCUT2D eigenvalue weighted by molar-refractivity contribution is 5.30. The number of hydrogen-bond acceptors (Lipinski definition) is 4. The summed E-state index contributed by atoms with van der Waals surface area (Å²) in [5.74, 6) is 0. The lowest BCUT2D eigenvalue weighted by molar-refractivity contribution is 0.0832. The van der Waals surface area contributed by atoms with Crippen molar-refractivity contribution >= 4 is 0 Å². The molecule has 4 nitrogen and oxygen atoms in total. The minimum atomic E-state index is 0.303. The number of pyridine rings is 1. The third kappa shape index (κ3) is 3.02. The first kappa shape index (κ1) is 12.0. The van der Waals surface area contributed by atoms with Gasteiger partial charge in [0.1, 0.15) is 11.8 Å². The summed E-state index contributed by atoms with van der Waals surface area (Å²) in [6.45, 7) is 3.66.